The van der Waals surface area contributed by atoms with E-state index >= 15 is 0 Å². The van der Waals surface area contributed by atoms with Gasteiger partial charge in [-0.05, 0) is 32.9 Å². The van der Waals surface area contributed by atoms with Crippen molar-refractivity contribution in [3.8, 4) is 0 Å². The summed E-state index contributed by atoms with van der Waals surface area (Å²) in [4.78, 5) is 28.4. The Morgan fingerprint density at radius 1 is 1.29 bits per heavy atom. The molecule has 1 saturated heterocycles. The summed E-state index contributed by atoms with van der Waals surface area (Å²) in [7, 11) is 0. The van der Waals surface area contributed by atoms with Gasteiger partial charge in [0.2, 0.25) is 0 Å². The van der Waals surface area contributed by atoms with Gasteiger partial charge in [-0.3, -0.25) is 4.57 Å². The minimum atomic E-state index is -0.500. The molecule has 1 aromatic heterocycles. The van der Waals surface area contributed by atoms with Gasteiger partial charge in [0.05, 0.1) is 17.1 Å². The number of hydrogen-bond acceptors (Lipinski definition) is 3. The number of carbonyl (C=O) groups is 1. The normalized spacial score (nSPS) is 16.0. The van der Waals surface area contributed by atoms with Crippen molar-refractivity contribution in [1.82, 2.24) is 14.5 Å². The van der Waals surface area contributed by atoms with Crippen LogP contribution in [0.5, 0.6) is 0 Å². The van der Waals surface area contributed by atoms with Crippen LogP contribution in [0.1, 0.15) is 26.8 Å². The Bertz CT molecular complexity index is 732. The van der Waals surface area contributed by atoms with Crippen molar-refractivity contribution in [2.24, 2.45) is 0 Å². The number of H-pyrrole nitrogens is 1. The molecule has 2 aromatic rings. The van der Waals surface area contributed by atoms with Crippen LogP contribution in [0.4, 0.5) is 4.79 Å². The molecule has 0 bridgehead atoms. The van der Waals surface area contributed by atoms with E-state index in [1.54, 1.807) is 9.47 Å². The van der Waals surface area contributed by atoms with Crippen molar-refractivity contribution in [3.63, 3.8) is 0 Å². The predicted molar refractivity (Wildman–Crippen MR) is 79.4 cm³/mol. The van der Waals surface area contributed by atoms with Crippen LogP contribution in [0, 0.1) is 0 Å². The number of amides is 1. The van der Waals surface area contributed by atoms with Crippen molar-refractivity contribution in [2.75, 3.05) is 13.1 Å². The highest BCUT2D eigenvalue weighted by Crippen LogP contribution is 2.25. The molecular formula is C15H19N3O3. The van der Waals surface area contributed by atoms with E-state index in [0.29, 0.717) is 13.1 Å². The largest absolute Gasteiger partial charge is 0.444 e. The number of ether oxygens (including phenoxy) is 1. The van der Waals surface area contributed by atoms with E-state index in [9.17, 15) is 9.59 Å². The molecule has 1 aliphatic heterocycles. The lowest BCUT2D eigenvalue weighted by Crippen LogP contribution is -2.53. The smallest absolute Gasteiger partial charge is 0.410 e. The second-order valence-corrected chi connectivity index (χ2v) is 6.36. The molecule has 1 N–H and O–H groups in total. The second-order valence-electron chi connectivity index (χ2n) is 6.36. The van der Waals surface area contributed by atoms with Crippen LogP contribution in [-0.2, 0) is 4.74 Å². The van der Waals surface area contributed by atoms with Gasteiger partial charge in [-0.1, -0.05) is 12.1 Å². The number of nitrogens with one attached hydrogen (secondary N) is 1. The molecule has 0 aliphatic carbocycles. The first-order chi connectivity index (χ1) is 9.85. The maximum Gasteiger partial charge on any atom is 0.410 e. The van der Waals surface area contributed by atoms with Gasteiger partial charge in [0.1, 0.15) is 5.60 Å². The van der Waals surface area contributed by atoms with Crippen LogP contribution in [-0.4, -0.2) is 39.2 Å². The molecule has 2 heterocycles. The third-order valence-corrected chi connectivity index (χ3v) is 3.50. The summed E-state index contributed by atoms with van der Waals surface area (Å²) in [5.74, 6) is 0. The van der Waals surface area contributed by atoms with Gasteiger partial charge in [0.25, 0.3) is 0 Å². The number of fused-ring (bicyclic) bond motifs is 1. The molecule has 112 valence electrons. The van der Waals surface area contributed by atoms with Crippen molar-refractivity contribution in [3.05, 3.63) is 34.7 Å². The number of aromatic amines is 1. The van der Waals surface area contributed by atoms with Gasteiger partial charge in [-0.15, -0.1) is 0 Å². The first-order valence-corrected chi connectivity index (χ1v) is 7.02. The van der Waals surface area contributed by atoms with E-state index < -0.39 is 5.60 Å². The van der Waals surface area contributed by atoms with Gasteiger partial charge < -0.3 is 14.6 Å². The lowest BCUT2D eigenvalue weighted by molar-refractivity contribution is 0.00116. The quantitative estimate of drug-likeness (QED) is 0.874. The zero-order chi connectivity index (χ0) is 15.2. The highest BCUT2D eigenvalue weighted by molar-refractivity contribution is 5.75. The van der Waals surface area contributed by atoms with Crippen molar-refractivity contribution in [2.45, 2.75) is 32.4 Å². The Morgan fingerprint density at radius 2 is 1.95 bits per heavy atom. The average molecular weight is 289 g/mol. The fourth-order valence-electron chi connectivity index (χ4n) is 2.53. The molecule has 6 nitrogen and oxygen atoms in total. The third-order valence-electron chi connectivity index (χ3n) is 3.50. The number of hydrogen-bond donors (Lipinski definition) is 1. The SMILES string of the molecule is CC(C)(C)OC(=O)N1CC(n2c(=O)[nH]c3ccccc32)C1. The highest BCUT2D eigenvalue weighted by atomic mass is 16.6. The number of nitrogens with zero attached hydrogens (tertiary/aromatic N) is 2. The summed E-state index contributed by atoms with van der Waals surface area (Å²) in [6.45, 7) is 6.51. The molecule has 1 fully saturated rings. The molecule has 0 atom stereocenters. The first-order valence-electron chi connectivity index (χ1n) is 7.02. The molecular weight excluding hydrogens is 270 g/mol. The Hall–Kier alpha value is -2.24. The topological polar surface area (TPSA) is 67.3 Å². The molecule has 6 heteroatoms. The van der Waals surface area contributed by atoms with Gasteiger partial charge in [0.15, 0.2) is 0 Å². The average Bonchev–Trinajstić information content (AvgIpc) is 2.62. The Morgan fingerprint density at radius 3 is 2.62 bits per heavy atom. The van der Waals surface area contributed by atoms with E-state index in [1.807, 2.05) is 45.0 Å². The zero-order valence-corrected chi connectivity index (χ0v) is 12.4. The molecule has 21 heavy (non-hydrogen) atoms. The van der Waals surface area contributed by atoms with Gasteiger partial charge in [0, 0.05) is 13.1 Å². The van der Waals surface area contributed by atoms with E-state index in [4.69, 9.17) is 4.74 Å². The maximum atomic E-state index is 12.1. The number of rotatable bonds is 1. The number of aromatic nitrogens is 2. The van der Waals surface area contributed by atoms with Crippen LogP contribution in [0.25, 0.3) is 11.0 Å². The molecule has 0 unspecified atom stereocenters. The minimum Gasteiger partial charge on any atom is -0.444 e. The van der Waals surface area contributed by atoms with Gasteiger partial charge in [-0.2, -0.15) is 0 Å². The maximum absolute atomic E-state index is 12.1. The van der Waals surface area contributed by atoms with E-state index in [2.05, 4.69) is 4.98 Å². The predicted octanol–water partition coefficient (Wildman–Crippen LogP) is 2.12. The van der Waals surface area contributed by atoms with Crippen molar-refractivity contribution in [1.29, 1.82) is 0 Å². The summed E-state index contributed by atoms with van der Waals surface area (Å²) < 4.78 is 7.04. The fourth-order valence-corrected chi connectivity index (χ4v) is 2.53. The molecule has 0 saturated carbocycles. The van der Waals surface area contributed by atoms with E-state index in [-0.39, 0.29) is 17.8 Å². The van der Waals surface area contributed by atoms with Crippen LogP contribution < -0.4 is 5.69 Å². The summed E-state index contributed by atoms with van der Waals surface area (Å²) in [5, 5.41) is 0. The highest BCUT2D eigenvalue weighted by Gasteiger charge is 2.36. The molecule has 1 amide bonds. The minimum absolute atomic E-state index is 0.00108. The van der Waals surface area contributed by atoms with Crippen LogP contribution in [0.15, 0.2) is 29.1 Å². The van der Waals surface area contributed by atoms with E-state index in [0.717, 1.165) is 11.0 Å². The summed E-state index contributed by atoms with van der Waals surface area (Å²) in [5.41, 5.74) is 1.05. The Labute approximate surface area is 122 Å². The summed E-state index contributed by atoms with van der Waals surface area (Å²) >= 11 is 0. The van der Waals surface area contributed by atoms with Gasteiger partial charge >= 0.3 is 11.8 Å². The van der Waals surface area contributed by atoms with E-state index in [1.165, 1.54) is 0 Å². The summed E-state index contributed by atoms with van der Waals surface area (Å²) in [6.07, 6.45) is -0.327. The van der Waals surface area contributed by atoms with Gasteiger partial charge in [-0.25, -0.2) is 9.59 Å². The molecule has 0 radical (unpaired) electrons. The standard InChI is InChI=1S/C15H19N3O3/c1-15(2,3)21-14(20)17-8-10(9-17)18-12-7-5-4-6-11(12)16-13(18)19/h4-7,10H,8-9H2,1-3H3,(H,16,19). The molecule has 3 rings (SSSR count). The lowest BCUT2D eigenvalue weighted by Gasteiger charge is -2.40. The van der Waals surface area contributed by atoms with Crippen molar-refractivity contribution < 1.29 is 9.53 Å². The monoisotopic (exact) mass is 289 g/mol. The second kappa shape index (κ2) is 4.65. The number of imidazole rings is 1. The Kier molecular flexibility index (Phi) is 3.04. The first kappa shape index (κ1) is 13.7. The number of likely N-dealkylation sites (tertiary alicyclic amines) is 1. The zero-order valence-electron chi connectivity index (χ0n) is 12.4. The van der Waals surface area contributed by atoms with Crippen LogP contribution in [0.2, 0.25) is 0 Å². The number of para-hydroxylation sites is 2. The number of benzene rings is 1. The summed E-state index contributed by atoms with van der Waals surface area (Å²) in [6, 6.07) is 7.56. The van der Waals surface area contributed by atoms with Crippen LogP contribution in [0.3, 0.4) is 0 Å². The lowest BCUT2D eigenvalue weighted by atomic mass is 10.1. The third kappa shape index (κ3) is 2.53. The molecule has 0 spiro atoms. The molecule has 1 aromatic carbocycles. The van der Waals surface area contributed by atoms with Crippen molar-refractivity contribution >= 4 is 17.1 Å². The van der Waals surface area contributed by atoms with Crippen LogP contribution >= 0.6 is 0 Å². The Balaban J connectivity index is 1.75. The fraction of sp³-hybridized carbons (Fsp3) is 0.467. The molecule has 1 aliphatic rings. The number of carbonyl (C=O) groups excluding carboxylic acids is 1.